The zero-order valence-electron chi connectivity index (χ0n) is 14.6. The Morgan fingerprint density at radius 3 is 2.81 bits per heavy atom. The molecule has 1 amide bonds. The topological polar surface area (TPSA) is 88.5 Å². The van der Waals surface area contributed by atoms with Crippen LogP contribution in [0, 0.1) is 0 Å². The first-order valence-electron chi connectivity index (χ1n) is 8.81. The Labute approximate surface area is 156 Å². The lowest BCUT2D eigenvalue weighted by atomic mass is 10.2. The first-order valence-corrected chi connectivity index (χ1v) is 8.81. The third-order valence-electron chi connectivity index (χ3n) is 4.53. The molecule has 7 nitrogen and oxygen atoms in total. The Hall–Kier alpha value is -3.03. The molecule has 0 bridgehead atoms. The fraction of sp³-hybridized carbons (Fsp3) is 0.250. The number of aliphatic hydroxyl groups is 1. The van der Waals surface area contributed by atoms with E-state index in [4.69, 9.17) is 9.15 Å². The molecule has 1 aromatic carbocycles. The van der Waals surface area contributed by atoms with E-state index < -0.39 is 0 Å². The van der Waals surface area contributed by atoms with Crippen LogP contribution in [0.15, 0.2) is 65.7 Å². The van der Waals surface area contributed by atoms with E-state index in [0.29, 0.717) is 17.1 Å². The number of oxazole rings is 1. The van der Waals surface area contributed by atoms with E-state index in [1.807, 2.05) is 29.0 Å². The standard InChI is InChI=1S/C20H19N3O4/c24-13-17-7-8-18(27-17)23-10-1-2-15(12-23)19(25)22-16-5-3-14(4-6-16)20-21-9-11-26-20/h1-6,9-12,17-18,24H,7-8,13H2/p+1/t17-,18+/m0/s1. The summed E-state index contributed by atoms with van der Waals surface area (Å²) in [5.74, 6) is 0.333. The molecular formula is C20H20N3O4+. The number of benzene rings is 1. The van der Waals surface area contributed by atoms with Crippen LogP contribution in [0.3, 0.4) is 0 Å². The molecule has 0 saturated carbocycles. The molecule has 1 aliphatic heterocycles. The predicted octanol–water partition coefficient (Wildman–Crippen LogP) is 2.55. The predicted molar refractivity (Wildman–Crippen MR) is 96.8 cm³/mol. The van der Waals surface area contributed by atoms with Crippen molar-refractivity contribution in [2.24, 2.45) is 0 Å². The molecule has 1 fully saturated rings. The number of hydrogen-bond acceptors (Lipinski definition) is 5. The maximum Gasteiger partial charge on any atom is 0.262 e. The monoisotopic (exact) mass is 366 g/mol. The summed E-state index contributed by atoms with van der Waals surface area (Å²) >= 11 is 0. The summed E-state index contributed by atoms with van der Waals surface area (Å²) in [6.07, 6.45) is 8.06. The van der Waals surface area contributed by atoms with Crippen molar-refractivity contribution in [3.8, 4) is 11.5 Å². The summed E-state index contributed by atoms with van der Waals surface area (Å²) in [7, 11) is 0. The minimum atomic E-state index is -0.204. The van der Waals surface area contributed by atoms with Gasteiger partial charge in [-0.15, -0.1) is 0 Å². The fourth-order valence-corrected chi connectivity index (χ4v) is 3.11. The number of hydrogen-bond donors (Lipinski definition) is 2. The molecule has 27 heavy (non-hydrogen) atoms. The van der Waals surface area contributed by atoms with Gasteiger partial charge in [-0.3, -0.25) is 4.79 Å². The molecule has 2 aromatic heterocycles. The molecule has 0 aliphatic carbocycles. The van der Waals surface area contributed by atoms with Crippen LogP contribution in [0.1, 0.15) is 29.4 Å². The van der Waals surface area contributed by atoms with Crippen LogP contribution in [-0.2, 0) is 4.74 Å². The fourth-order valence-electron chi connectivity index (χ4n) is 3.11. The van der Waals surface area contributed by atoms with E-state index in [1.54, 1.807) is 30.6 Å². The molecule has 0 unspecified atom stereocenters. The highest BCUT2D eigenvalue weighted by atomic mass is 16.5. The largest absolute Gasteiger partial charge is 0.445 e. The highest BCUT2D eigenvalue weighted by Gasteiger charge is 2.31. The molecule has 3 aromatic rings. The summed E-state index contributed by atoms with van der Waals surface area (Å²) in [5.41, 5.74) is 2.06. The number of carbonyl (C=O) groups is 1. The zero-order valence-corrected chi connectivity index (χ0v) is 14.6. The molecule has 0 spiro atoms. The summed E-state index contributed by atoms with van der Waals surface area (Å²) in [4.78, 5) is 16.7. The second-order valence-corrected chi connectivity index (χ2v) is 6.38. The second-order valence-electron chi connectivity index (χ2n) is 6.38. The molecule has 138 valence electrons. The van der Waals surface area contributed by atoms with E-state index >= 15 is 0 Å². The van der Waals surface area contributed by atoms with Gasteiger partial charge >= 0.3 is 0 Å². The number of anilines is 1. The lowest BCUT2D eigenvalue weighted by molar-refractivity contribution is -0.759. The van der Waals surface area contributed by atoms with Crippen molar-refractivity contribution < 1.29 is 23.6 Å². The van der Waals surface area contributed by atoms with Gasteiger partial charge in [0.25, 0.3) is 12.1 Å². The number of nitrogens with zero attached hydrogens (tertiary/aromatic N) is 2. The number of amides is 1. The average Bonchev–Trinajstić information content (AvgIpc) is 3.41. The summed E-state index contributed by atoms with van der Waals surface area (Å²) in [6.45, 7) is 0.0146. The van der Waals surface area contributed by atoms with Crippen LogP contribution >= 0.6 is 0 Å². The Morgan fingerprint density at radius 2 is 2.11 bits per heavy atom. The van der Waals surface area contributed by atoms with Crippen molar-refractivity contribution in [1.29, 1.82) is 0 Å². The second kappa shape index (κ2) is 7.69. The van der Waals surface area contributed by atoms with Crippen molar-refractivity contribution in [3.63, 3.8) is 0 Å². The summed E-state index contributed by atoms with van der Waals surface area (Å²) in [5, 5.41) is 12.1. The first kappa shape index (κ1) is 17.4. The van der Waals surface area contributed by atoms with Gasteiger partial charge in [0.05, 0.1) is 18.9 Å². The molecule has 0 radical (unpaired) electrons. The number of pyridine rings is 1. The van der Waals surface area contributed by atoms with Gasteiger partial charge in [-0.05, 0) is 36.8 Å². The SMILES string of the molecule is O=C(Nc1ccc(-c2ncco2)cc1)c1ccc[n+]([C@H]2CC[C@@H](CO)O2)c1. The highest BCUT2D eigenvalue weighted by Crippen LogP contribution is 2.23. The first-order chi connectivity index (χ1) is 13.2. The maximum absolute atomic E-state index is 12.6. The maximum atomic E-state index is 12.6. The molecule has 3 heterocycles. The minimum absolute atomic E-state index is 0.0146. The van der Waals surface area contributed by atoms with Crippen LogP contribution in [0.5, 0.6) is 0 Å². The lowest BCUT2D eigenvalue weighted by Crippen LogP contribution is -2.40. The lowest BCUT2D eigenvalue weighted by Gasteiger charge is -2.09. The smallest absolute Gasteiger partial charge is 0.262 e. The Bertz CT molecular complexity index is 909. The summed E-state index contributed by atoms with van der Waals surface area (Å²) < 4.78 is 12.9. The van der Waals surface area contributed by atoms with Gasteiger partial charge < -0.3 is 19.6 Å². The normalized spacial score (nSPS) is 19.1. The molecule has 1 aliphatic rings. The molecule has 1 saturated heterocycles. The number of rotatable bonds is 5. The molecule has 7 heteroatoms. The highest BCUT2D eigenvalue weighted by molar-refractivity contribution is 6.03. The van der Waals surface area contributed by atoms with Gasteiger partial charge in [-0.1, -0.05) is 0 Å². The Morgan fingerprint density at radius 1 is 1.26 bits per heavy atom. The van der Waals surface area contributed by atoms with E-state index in [1.165, 1.54) is 6.26 Å². The van der Waals surface area contributed by atoms with E-state index in [9.17, 15) is 9.90 Å². The number of carbonyl (C=O) groups excluding carboxylic acids is 1. The summed E-state index contributed by atoms with van der Waals surface area (Å²) in [6, 6.07) is 10.9. The molecule has 2 N–H and O–H groups in total. The van der Waals surface area contributed by atoms with Crippen molar-refractivity contribution in [2.75, 3.05) is 11.9 Å². The quantitative estimate of drug-likeness (QED) is 0.678. The van der Waals surface area contributed by atoms with Gasteiger partial charge in [0.15, 0.2) is 12.4 Å². The van der Waals surface area contributed by atoms with E-state index in [0.717, 1.165) is 18.4 Å². The van der Waals surface area contributed by atoms with E-state index in [2.05, 4.69) is 10.3 Å². The van der Waals surface area contributed by atoms with Crippen LogP contribution < -0.4 is 9.88 Å². The number of aromatic nitrogens is 2. The van der Waals surface area contributed by atoms with Gasteiger partial charge in [0, 0.05) is 23.7 Å². The van der Waals surface area contributed by atoms with Gasteiger partial charge in [0.2, 0.25) is 5.89 Å². The van der Waals surface area contributed by atoms with Crippen LogP contribution in [0.25, 0.3) is 11.5 Å². The Balaban J connectivity index is 1.44. The van der Waals surface area contributed by atoms with Crippen LogP contribution in [-0.4, -0.2) is 28.7 Å². The number of aliphatic hydroxyl groups excluding tert-OH is 1. The van der Waals surface area contributed by atoms with Crippen molar-refractivity contribution in [3.05, 3.63) is 66.8 Å². The van der Waals surface area contributed by atoms with Crippen LogP contribution in [0.4, 0.5) is 5.69 Å². The molecular weight excluding hydrogens is 346 g/mol. The van der Waals surface area contributed by atoms with Crippen LogP contribution in [0.2, 0.25) is 0 Å². The van der Waals surface area contributed by atoms with E-state index in [-0.39, 0.29) is 24.8 Å². The van der Waals surface area contributed by atoms with Gasteiger partial charge in [0.1, 0.15) is 11.8 Å². The Kier molecular flexibility index (Phi) is 4.95. The van der Waals surface area contributed by atoms with Crippen molar-refractivity contribution in [2.45, 2.75) is 25.2 Å². The minimum Gasteiger partial charge on any atom is -0.445 e. The van der Waals surface area contributed by atoms with Gasteiger partial charge in [-0.2, -0.15) is 4.57 Å². The number of nitrogens with one attached hydrogen (secondary N) is 1. The third kappa shape index (κ3) is 3.89. The van der Waals surface area contributed by atoms with Gasteiger partial charge in [-0.25, -0.2) is 4.98 Å². The number of ether oxygens (including phenoxy) is 1. The van der Waals surface area contributed by atoms with Crippen molar-refractivity contribution in [1.82, 2.24) is 4.98 Å². The molecule has 4 rings (SSSR count). The molecule has 2 atom stereocenters. The third-order valence-corrected chi connectivity index (χ3v) is 4.53. The van der Waals surface area contributed by atoms with Crippen molar-refractivity contribution >= 4 is 11.6 Å². The average molecular weight is 366 g/mol. The zero-order chi connectivity index (χ0) is 18.6.